The van der Waals surface area contributed by atoms with Crippen molar-refractivity contribution in [2.45, 2.75) is 13.8 Å². The third-order valence-corrected chi connectivity index (χ3v) is 1.89. The minimum absolute atomic E-state index is 0.145. The van der Waals surface area contributed by atoms with Gasteiger partial charge < -0.3 is 5.73 Å². The molecule has 0 saturated carbocycles. The van der Waals surface area contributed by atoms with E-state index >= 15 is 0 Å². The highest BCUT2D eigenvalue weighted by molar-refractivity contribution is 5.91. The number of aryl methyl sites for hydroxylation is 1. The molecule has 0 spiro atoms. The lowest BCUT2D eigenvalue weighted by atomic mass is 10.4. The lowest BCUT2D eigenvalue weighted by Gasteiger charge is -1.86. The zero-order valence-electron chi connectivity index (χ0n) is 7.33. The van der Waals surface area contributed by atoms with Crippen LogP contribution in [0.1, 0.15) is 23.2 Å². The molecule has 3 N–H and O–H groups in total. The maximum absolute atomic E-state index is 11.1. The van der Waals surface area contributed by atoms with Gasteiger partial charge in [0.1, 0.15) is 0 Å². The van der Waals surface area contributed by atoms with Gasteiger partial charge in [-0.2, -0.15) is 9.61 Å². The van der Waals surface area contributed by atoms with Gasteiger partial charge in [-0.25, -0.2) is 0 Å². The van der Waals surface area contributed by atoms with E-state index in [1.54, 1.807) is 6.92 Å². The average Bonchev–Trinajstić information content (AvgIpc) is 2.55. The van der Waals surface area contributed by atoms with Crippen LogP contribution in [0.5, 0.6) is 0 Å². The molecule has 0 fully saturated rings. The normalized spacial score (nSPS) is 10.9. The van der Waals surface area contributed by atoms with Gasteiger partial charge in [0, 0.05) is 6.92 Å². The highest BCUT2D eigenvalue weighted by Crippen LogP contribution is 2.15. The van der Waals surface area contributed by atoms with E-state index in [1.807, 2.05) is 0 Å². The summed E-state index contributed by atoms with van der Waals surface area (Å²) in [6.45, 7) is 3.21. The molecule has 0 saturated heterocycles. The molecule has 0 atom stereocenters. The van der Waals surface area contributed by atoms with E-state index in [1.165, 1.54) is 11.4 Å². The van der Waals surface area contributed by atoms with Gasteiger partial charge in [0.05, 0.1) is 11.4 Å². The summed E-state index contributed by atoms with van der Waals surface area (Å²) in [6.07, 6.45) is 0. The number of aromatic nitrogens is 4. The van der Waals surface area contributed by atoms with Crippen LogP contribution in [0.15, 0.2) is 0 Å². The highest BCUT2D eigenvalue weighted by Gasteiger charge is 2.14. The molecule has 0 aromatic carbocycles. The zero-order valence-corrected chi connectivity index (χ0v) is 7.33. The highest BCUT2D eigenvalue weighted by atomic mass is 16.1. The fourth-order valence-corrected chi connectivity index (χ4v) is 1.18. The Morgan fingerprint density at radius 3 is 2.92 bits per heavy atom. The monoisotopic (exact) mass is 179 g/mol. The fraction of sp³-hybridized carbons (Fsp3) is 0.286. The Balaban J connectivity index is 2.82. The number of nitrogen functional groups attached to an aromatic ring is 1. The topological polar surface area (TPSA) is 89.1 Å². The number of aromatic amines is 1. The van der Waals surface area contributed by atoms with Crippen molar-refractivity contribution in [1.82, 2.24) is 19.8 Å². The largest absolute Gasteiger partial charge is 0.394 e. The van der Waals surface area contributed by atoms with E-state index < -0.39 is 0 Å². The first-order valence-electron chi connectivity index (χ1n) is 3.81. The van der Waals surface area contributed by atoms with Crippen molar-refractivity contribution in [3.8, 4) is 0 Å². The maximum atomic E-state index is 11.1. The van der Waals surface area contributed by atoms with Crippen LogP contribution in [0, 0.1) is 6.92 Å². The molecule has 0 unspecified atom stereocenters. The second-order valence-electron chi connectivity index (χ2n) is 2.86. The molecule has 0 aliphatic carbocycles. The number of rotatable bonds is 1. The maximum Gasteiger partial charge on any atom is 0.218 e. The number of anilines is 1. The molecule has 0 amide bonds. The Bertz CT molecular complexity index is 480. The first kappa shape index (κ1) is 7.78. The van der Waals surface area contributed by atoms with Crippen molar-refractivity contribution in [3.63, 3.8) is 0 Å². The fourth-order valence-electron chi connectivity index (χ4n) is 1.18. The van der Waals surface area contributed by atoms with Crippen molar-refractivity contribution in [2.24, 2.45) is 0 Å². The smallest absolute Gasteiger partial charge is 0.218 e. The number of hydrogen-bond donors (Lipinski definition) is 2. The van der Waals surface area contributed by atoms with Crippen LogP contribution in [-0.4, -0.2) is 25.6 Å². The Kier molecular flexibility index (Phi) is 1.39. The molecule has 2 heterocycles. The molecule has 0 aliphatic heterocycles. The van der Waals surface area contributed by atoms with Gasteiger partial charge in [-0.1, -0.05) is 0 Å². The van der Waals surface area contributed by atoms with Crippen molar-refractivity contribution < 1.29 is 4.79 Å². The first-order valence-corrected chi connectivity index (χ1v) is 3.81. The predicted octanol–water partition coefficient (Wildman–Crippen LogP) is 0.151. The van der Waals surface area contributed by atoms with Crippen LogP contribution in [-0.2, 0) is 0 Å². The molecule has 0 bridgehead atoms. The summed E-state index contributed by atoms with van der Waals surface area (Å²) in [5.41, 5.74) is 7.48. The van der Waals surface area contributed by atoms with E-state index in [0.29, 0.717) is 17.0 Å². The second-order valence-corrected chi connectivity index (χ2v) is 2.86. The number of ketones is 1. The molecular formula is C7H9N5O. The van der Waals surface area contributed by atoms with Gasteiger partial charge in [0.15, 0.2) is 11.4 Å². The number of H-pyrrole nitrogens is 1. The standard InChI is InChI=1S/C7H9N5O/c1-3-5(8)7-10-9-6(4(2)13)12(7)11-3/h10H,8H2,1-2H3. The van der Waals surface area contributed by atoms with Crippen LogP contribution in [0.25, 0.3) is 5.65 Å². The van der Waals surface area contributed by atoms with E-state index in [9.17, 15) is 4.79 Å². The minimum atomic E-state index is -0.145. The van der Waals surface area contributed by atoms with Gasteiger partial charge in [-0.15, -0.1) is 5.10 Å². The van der Waals surface area contributed by atoms with Gasteiger partial charge in [-0.3, -0.25) is 9.89 Å². The van der Waals surface area contributed by atoms with Gasteiger partial charge >= 0.3 is 0 Å². The Morgan fingerprint density at radius 2 is 2.31 bits per heavy atom. The lowest BCUT2D eigenvalue weighted by molar-refractivity contribution is 0.100. The number of hydrogen-bond acceptors (Lipinski definition) is 4. The SMILES string of the molecule is CC(=O)c1n[nH]c2c(N)c(C)nn12. The van der Waals surface area contributed by atoms with Crippen LogP contribution < -0.4 is 5.73 Å². The Hall–Kier alpha value is -1.85. The Labute approximate surface area is 73.7 Å². The van der Waals surface area contributed by atoms with Crippen LogP contribution in [0.3, 0.4) is 0 Å². The third-order valence-electron chi connectivity index (χ3n) is 1.89. The van der Waals surface area contributed by atoms with Crippen LogP contribution in [0.2, 0.25) is 0 Å². The van der Waals surface area contributed by atoms with Gasteiger partial charge in [0.25, 0.3) is 0 Å². The molecule has 2 aromatic rings. The molecule has 13 heavy (non-hydrogen) atoms. The number of carbonyl (C=O) groups excluding carboxylic acids is 1. The van der Waals surface area contributed by atoms with Crippen molar-refractivity contribution in [1.29, 1.82) is 0 Å². The quantitative estimate of drug-likeness (QED) is 0.610. The number of nitrogens with zero attached hydrogens (tertiary/aromatic N) is 3. The van der Waals surface area contributed by atoms with Crippen molar-refractivity contribution >= 4 is 17.1 Å². The molecule has 6 heteroatoms. The second kappa shape index (κ2) is 2.32. The number of Topliss-reactive ketones (excluding diaryl/α,β-unsaturated/α-hetero) is 1. The molecule has 0 aliphatic rings. The van der Waals surface area contributed by atoms with Gasteiger partial charge in [0.2, 0.25) is 5.82 Å². The van der Waals surface area contributed by atoms with Crippen molar-refractivity contribution in [3.05, 3.63) is 11.5 Å². The third kappa shape index (κ3) is 0.915. The Morgan fingerprint density at radius 1 is 1.62 bits per heavy atom. The van der Waals surface area contributed by atoms with Crippen LogP contribution >= 0.6 is 0 Å². The minimum Gasteiger partial charge on any atom is -0.394 e. The number of nitrogens with two attached hydrogens (primary N) is 1. The van der Waals surface area contributed by atoms with E-state index in [0.717, 1.165) is 0 Å². The molecule has 6 nitrogen and oxygen atoms in total. The van der Waals surface area contributed by atoms with Crippen LogP contribution in [0.4, 0.5) is 5.69 Å². The lowest BCUT2D eigenvalue weighted by Crippen LogP contribution is -2.01. The predicted molar refractivity (Wildman–Crippen MR) is 46.5 cm³/mol. The average molecular weight is 179 g/mol. The summed E-state index contributed by atoms with van der Waals surface area (Å²) in [5, 5.41) is 10.5. The summed E-state index contributed by atoms with van der Waals surface area (Å²) in [7, 11) is 0. The van der Waals surface area contributed by atoms with Crippen molar-refractivity contribution in [2.75, 3.05) is 5.73 Å². The van der Waals surface area contributed by atoms with Gasteiger partial charge in [-0.05, 0) is 6.92 Å². The summed E-state index contributed by atoms with van der Waals surface area (Å²) in [5.74, 6) is 0.128. The molecule has 2 rings (SSSR count). The molecule has 0 radical (unpaired) electrons. The van der Waals surface area contributed by atoms with E-state index in [2.05, 4.69) is 15.3 Å². The van der Waals surface area contributed by atoms with E-state index in [4.69, 9.17) is 5.73 Å². The summed E-state index contributed by atoms with van der Waals surface area (Å²) < 4.78 is 1.42. The summed E-state index contributed by atoms with van der Waals surface area (Å²) >= 11 is 0. The molecular weight excluding hydrogens is 170 g/mol. The van der Waals surface area contributed by atoms with E-state index in [-0.39, 0.29) is 11.6 Å². The number of carbonyl (C=O) groups is 1. The number of fused-ring (bicyclic) bond motifs is 1. The first-order chi connectivity index (χ1) is 6.11. The molecule has 2 aromatic heterocycles. The molecule has 68 valence electrons. The zero-order chi connectivity index (χ0) is 9.59. The number of nitrogens with one attached hydrogen (secondary N) is 1. The summed E-state index contributed by atoms with van der Waals surface area (Å²) in [4.78, 5) is 11.1. The summed E-state index contributed by atoms with van der Waals surface area (Å²) in [6, 6.07) is 0.